The molecule has 0 spiro atoms. The van der Waals surface area contributed by atoms with Crippen LogP contribution < -0.4 is 15.9 Å². The van der Waals surface area contributed by atoms with E-state index in [1.54, 1.807) is 18.2 Å². The Morgan fingerprint density at radius 2 is 1.79 bits per heavy atom. The number of anilines is 4. The number of halogens is 3. The van der Waals surface area contributed by atoms with Crippen LogP contribution >= 0.6 is 7.14 Å². The molecule has 0 aliphatic carbocycles. The highest BCUT2D eigenvalue weighted by atomic mass is 31.2. The zero-order valence-corrected chi connectivity index (χ0v) is 18.7. The SMILES string of the molecule is CP(C)(=O)c1ccccc1Nc1nc(Nc2ccc(C(=O)O)c3ccoc23)ncc1C(F)(F)F. The van der Waals surface area contributed by atoms with E-state index in [2.05, 4.69) is 20.6 Å². The van der Waals surface area contributed by atoms with Gasteiger partial charge in [-0.05, 0) is 43.7 Å². The molecular weight excluding hydrogens is 472 g/mol. The molecule has 0 saturated heterocycles. The maximum absolute atomic E-state index is 13.7. The molecule has 2 heterocycles. The summed E-state index contributed by atoms with van der Waals surface area (Å²) in [4.78, 5) is 19.2. The zero-order chi connectivity index (χ0) is 24.7. The van der Waals surface area contributed by atoms with Gasteiger partial charge in [-0.2, -0.15) is 18.2 Å². The van der Waals surface area contributed by atoms with Gasteiger partial charge in [-0.15, -0.1) is 0 Å². The fraction of sp³-hybridized carbons (Fsp3) is 0.136. The van der Waals surface area contributed by atoms with Gasteiger partial charge < -0.3 is 24.7 Å². The Bertz CT molecular complexity index is 1450. The van der Waals surface area contributed by atoms with Crippen molar-refractivity contribution in [2.45, 2.75) is 6.18 Å². The van der Waals surface area contributed by atoms with Crippen molar-refractivity contribution in [3.63, 3.8) is 0 Å². The average molecular weight is 490 g/mol. The van der Waals surface area contributed by atoms with Crippen molar-refractivity contribution in [2.75, 3.05) is 24.0 Å². The smallest absolute Gasteiger partial charge is 0.421 e. The van der Waals surface area contributed by atoms with Crippen LogP contribution in [0.2, 0.25) is 0 Å². The lowest BCUT2D eigenvalue weighted by Gasteiger charge is -2.18. The molecular formula is C22H18F3N4O4P. The van der Waals surface area contributed by atoms with Crippen molar-refractivity contribution in [1.29, 1.82) is 0 Å². The van der Waals surface area contributed by atoms with Gasteiger partial charge in [0.25, 0.3) is 0 Å². The van der Waals surface area contributed by atoms with E-state index in [0.717, 1.165) is 0 Å². The first-order valence-electron chi connectivity index (χ1n) is 9.81. The van der Waals surface area contributed by atoms with Crippen LogP contribution in [0.4, 0.5) is 36.3 Å². The molecule has 8 nitrogen and oxygen atoms in total. The van der Waals surface area contributed by atoms with Crippen molar-refractivity contribution in [3.05, 3.63) is 66.1 Å². The van der Waals surface area contributed by atoms with E-state index in [4.69, 9.17) is 4.42 Å². The molecule has 0 atom stereocenters. The van der Waals surface area contributed by atoms with Gasteiger partial charge in [0.2, 0.25) is 5.95 Å². The van der Waals surface area contributed by atoms with Crippen LogP contribution in [-0.4, -0.2) is 34.4 Å². The molecule has 0 aliphatic rings. The summed E-state index contributed by atoms with van der Waals surface area (Å²) in [5.41, 5.74) is -0.432. The predicted molar refractivity (Wildman–Crippen MR) is 122 cm³/mol. The Morgan fingerprint density at radius 3 is 2.47 bits per heavy atom. The Kier molecular flexibility index (Phi) is 5.82. The summed E-state index contributed by atoms with van der Waals surface area (Å²) in [6.07, 6.45) is -2.83. The lowest BCUT2D eigenvalue weighted by Crippen LogP contribution is -2.16. The Balaban J connectivity index is 1.77. The number of aromatic carboxylic acids is 1. The fourth-order valence-corrected chi connectivity index (χ4v) is 4.54. The topological polar surface area (TPSA) is 117 Å². The van der Waals surface area contributed by atoms with E-state index in [-0.39, 0.29) is 28.5 Å². The van der Waals surface area contributed by atoms with Gasteiger partial charge in [0, 0.05) is 16.9 Å². The monoisotopic (exact) mass is 490 g/mol. The number of nitrogens with zero attached hydrogens (tertiary/aromatic N) is 2. The minimum Gasteiger partial charge on any atom is -0.478 e. The van der Waals surface area contributed by atoms with E-state index >= 15 is 0 Å². The molecule has 0 bridgehead atoms. The lowest BCUT2D eigenvalue weighted by molar-refractivity contribution is -0.137. The first-order valence-corrected chi connectivity index (χ1v) is 12.4. The molecule has 2 aromatic heterocycles. The molecule has 0 saturated carbocycles. The third kappa shape index (κ3) is 4.60. The van der Waals surface area contributed by atoms with Crippen molar-refractivity contribution >= 4 is 52.5 Å². The van der Waals surface area contributed by atoms with Crippen LogP contribution in [0.25, 0.3) is 11.0 Å². The number of carbonyl (C=O) groups is 1. The third-order valence-corrected chi connectivity index (χ3v) is 6.48. The lowest BCUT2D eigenvalue weighted by atomic mass is 10.1. The molecule has 4 aromatic rings. The van der Waals surface area contributed by atoms with Crippen LogP contribution in [0.15, 0.2) is 59.3 Å². The van der Waals surface area contributed by atoms with E-state index in [0.29, 0.717) is 16.9 Å². The molecule has 34 heavy (non-hydrogen) atoms. The number of furan rings is 1. The molecule has 0 radical (unpaired) electrons. The number of para-hydroxylation sites is 1. The van der Waals surface area contributed by atoms with Crippen LogP contribution in [0.5, 0.6) is 0 Å². The Morgan fingerprint density at radius 1 is 1.06 bits per heavy atom. The normalized spacial score (nSPS) is 12.0. The summed E-state index contributed by atoms with van der Waals surface area (Å²) >= 11 is 0. The highest BCUT2D eigenvalue weighted by Crippen LogP contribution is 2.40. The number of aromatic nitrogens is 2. The largest absolute Gasteiger partial charge is 0.478 e. The van der Waals surface area contributed by atoms with Crippen LogP contribution in [-0.2, 0) is 10.7 Å². The minimum absolute atomic E-state index is 0.00478. The second kappa shape index (κ2) is 8.49. The maximum atomic E-state index is 13.7. The average Bonchev–Trinajstić information content (AvgIpc) is 3.23. The summed E-state index contributed by atoms with van der Waals surface area (Å²) < 4.78 is 59.0. The number of fused-ring (bicyclic) bond motifs is 1. The standard InChI is InChI=1S/C22H18F3N4O4P/c1-34(2,32)17-6-4-3-5-15(17)27-19-14(22(23,24)25)11-26-21(29-19)28-16-8-7-13(20(30)31)12-9-10-33-18(12)16/h3-11H,1-2H3,(H,30,31)(H2,26,27,28,29). The third-order valence-electron chi connectivity index (χ3n) is 4.93. The molecule has 0 unspecified atom stereocenters. The highest BCUT2D eigenvalue weighted by Gasteiger charge is 2.36. The molecule has 176 valence electrons. The fourth-order valence-electron chi connectivity index (χ4n) is 3.39. The molecule has 12 heteroatoms. The van der Waals surface area contributed by atoms with Crippen LogP contribution in [0.3, 0.4) is 0 Å². The summed E-state index contributed by atoms with van der Waals surface area (Å²) in [7, 11) is -2.81. The summed E-state index contributed by atoms with van der Waals surface area (Å²) in [6.45, 7) is 3.03. The van der Waals surface area contributed by atoms with Gasteiger partial charge in [0.15, 0.2) is 5.58 Å². The number of carboxylic acids is 1. The van der Waals surface area contributed by atoms with Crippen molar-refractivity contribution in [2.24, 2.45) is 0 Å². The number of hydrogen-bond donors (Lipinski definition) is 3. The van der Waals surface area contributed by atoms with Gasteiger partial charge in [0.05, 0.1) is 23.2 Å². The van der Waals surface area contributed by atoms with Crippen LogP contribution in [0, 0.1) is 0 Å². The second-order valence-corrected chi connectivity index (χ2v) is 10.9. The molecule has 0 fully saturated rings. The van der Waals surface area contributed by atoms with E-state index < -0.39 is 30.7 Å². The van der Waals surface area contributed by atoms with Crippen molar-refractivity contribution in [3.8, 4) is 0 Å². The number of nitrogens with one attached hydrogen (secondary N) is 2. The molecule has 0 amide bonds. The summed E-state index contributed by atoms with van der Waals surface area (Å²) in [5, 5.41) is 15.4. The molecule has 4 rings (SSSR count). The molecule has 0 aliphatic heterocycles. The minimum atomic E-state index is -4.75. The van der Waals surface area contributed by atoms with Gasteiger partial charge in [-0.1, -0.05) is 12.1 Å². The Labute approximate surface area is 191 Å². The maximum Gasteiger partial charge on any atom is 0.421 e. The first-order chi connectivity index (χ1) is 15.9. The first kappa shape index (κ1) is 23.3. The molecule has 3 N–H and O–H groups in total. The van der Waals surface area contributed by atoms with Gasteiger partial charge in [-0.3, -0.25) is 0 Å². The van der Waals surface area contributed by atoms with E-state index in [1.807, 2.05) is 0 Å². The zero-order valence-electron chi connectivity index (χ0n) is 17.8. The van der Waals surface area contributed by atoms with Crippen molar-refractivity contribution < 1.29 is 32.1 Å². The van der Waals surface area contributed by atoms with Gasteiger partial charge in [-0.25, -0.2) is 9.78 Å². The second-order valence-electron chi connectivity index (χ2n) is 7.70. The number of benzene rings is 2. The number of carboxylic acid groups (broad SMARTS) is 1. The van der Waals surface area contributed by atoms with Gasteiger partial charge >= 0.3 is 12.1 Å². The summed E-state index contributed by atoms with van der Waals surface area (Å²) in [5.74, 6) is -1.88. The number of alkyl halides is 3. The number of hydrogen-bond acceptors (Lipinski definition) is 7. The predicted octanol–water partition coefficient (Wildman–Crippen LogP) is 5.68. The number of rotatable bonds is 6. The highest BCUT2D eigenvalue weighted by molar-refractivity contribution is 7.70. The quantitative estimate of drug-likeness (QED) is 0.296. The summed E-state index contributed by atoms with van der Waals surface area (Å²) in [6, 6.07) is 10.6. The van der Waals surface area contributed by atoms with E-state index in [1.165, 1.54) is 43.9 Å². The Hall–Kier alpha value is -3.85. The van der Waals surface area contributed by atoms with Gasteiger partial charge in [0.1, 0.15) is 18.5 Å². The van der Waals surface area contributed by atoms with Crippen LogP contribution in [0.1, 0.15) is 15.9 Å². The van der Waals surface area contributed by atoms with E-state index in [9.17, 15) is 27.6 Å². The molecule has 2 aromatic carbocycles. The van der Waals surface area contributed by atoms with Crippen molar-refractivity contribution in [1.82, 2.24) is 9.97 Å².